The lowest BCUT2D eigenvalue weighted by molar-refractivity contribution is 0.251. The maximum atomic E-state index is 12.0. The van der Waals surface area contributed by atoms with Crippen molar-refractivity contribution in [3.8, 4) is 5.75 Å². The van der Waals surface area contributed by atoms with Crippen LogP contribution >= 0.6 is 11.3 Å². The van der Waals surface area contributed by atoms with Crippen LogP contribution in [-0.2, 0) is 19.4 Å². The fourth-order valence-corrected chi connectivity index (χ4v) is 3.69. The Hall–Kier alpha value is -2.08. The number of urea groups is 1. The van der Waals surface area contributed by atoms with E-state index in [2.05, 4.69) is 15.6 Å². The molecule has 1 aliphatic carbocycles. The Kier molecular flexibility index (Phi) is 5.12. The summed E-state index contributed by atoms with van der Waals surface area (Å²) in [6.07, 6.45) is 5.80. The highest BCUT2D eigenvalue weighted by molar-refractivity contribution is 7.15. The third-order valence-corrected chi connectivity index (χ3v) is 5.00. The number of ether oxygens (including phenoxy) is 1. The first kappa shape index (κ1) is 15.8. The van der Waals surface area contributed by atoms with E-state index < -0.39 is 0 Å². The van der Waals surface area contributed by atoms with Crippen molar-refractivity contribution >= 4 is 22.5 Å². The van der Waals surface area contributed by atoms with Gasteiger partial charge in [0, 0.05) is 11.4 Å². The summed E-state index contributed by atoms with van der Waals surface area (Å²) in [5, 5.41) is 6.40. The number of benzene rings is 1. The maximum absolute atomic E-state index is 12.0. The summed E-state index contributed by atoms with van der Waals surface area (Å²) in [7, 11) is 1.64. The minimum absolute atomic E-state index is 0.218. The molecule has 23 heavy (non-hydrogen) atoms. The van der Waals surface area contributed by atoms with Crippen molar-refractivity contribution in [2.75, 3.05) is 12.4 Å². The van der Waals surface area contributed by atoms with Crippen molar-refractivity contribution in [2.45, 2.75) is 38.6 Å². The number of fused-ring (bicyclic) bond motifs is 1. The molecule has 0 aliphatic heterocycles. The maximum Gasteiger partial charge on any atom is 0.321 e. The first-order chi connectivity index (χ1) is 11.2. The van der Waals surface area contributed by atoms with Crippen LogP contribution in [0.5, 0.6) is 5.75 Å². The third kappa shape index (κ3) is 4.22. The predicted octanol–water partition coefficient (Wildman–Crippen LogP) is 3.74. The van der Waals surface area contributed by atoms with Crippen LogP contribution in [-0.4, -0.2) is 18.1 Å². The molecule has 0 bridgehead atoms. The Morgan fingerprint density at radius 2 is 2.00 bits per heavy atom. The molecular weight excluding hydrogens is 310 g/mol. The van der Waals surface area contributed by atoms with Crippen LogP contribution in [0.15, 0.2) is 24.3 Å². The summed E-state index contributed by atoms with van der Waals surface area (Å²) in [6.45, 7) is 0.473. The second-order valence-corrected chi connectivity index (χ2v) is 6.69. The van der Waals surface area contributed by atoms with Gasteiger partial charge in [0.25, 0.3) is 0 Å². The Morgan fingerprint density at radius 1 is 1.22 bits per heavy atom. The molecular formula is C17H21N3O2S. The lowest BCUT2D eigenvalue weighted by Gasteiger charge is -2.06. The molecule has 1 aliphatic rings. The molecule has 3 rings (SSSR count). The molecule has 0 atom stereocenters. The highest BCUT2D eigenvalue weighted by atomic mass is 32.1. The molecule has 2 N–H and O–H groups in total. The second kappa shape index (κ2) is 7.46. The highest BCUT2D eigenvalue weighted by Gasteiger charge is 2.15. The van der Waals surface area contributed by atoms with Gasteiger partial charge in [0.05, 0.1) is 12.8 Å². The molecule has 1 aromatic heterocycles. The van der Waals surface area contributed by atoms with Crippen LogP contribution in [0.1, 0.15) is 35.4 Å². The molecule has 0 unspecified atom stereocenters. The Balaban J connectivity index is 1.52. The molecule has 5 nitrogen and oxygen atoms in total. The van der Waals surface area contributed by atoms with Crippen LogP contribution in [0.25, 0.3) is 0 Å². The lowest BCUT2D eigenvalue weighted by Crippen LogP contribution is -2.28. The van der Waals surface area contributed by atoms with Gasteiger partial charge in [0.1, 0.15) is 5.75 Å². The van der Waals surface area contributed by atoms with Crippen molar-refractivity contribution in [2.24, 2.45) is 0 Å². The van der Waals surface area contributed by atoms with Gasteiger partial charge in [-0.3, -0.25) is 5.32 Å². The quantitative estimate of drug-likeness (QED) is 0.839. The molecule has 2 amide bonds. The van der Waals surface area contributed by atoms with Crippen LogP contribution in [0.3, 0.4) is 0 Å². The minimum atomic E-state index is -0.218. The van der Waals surface area contributed by atoms with Gasteiger partial charge < -0.3 is 10.1 Å². The number of aryl methyl sites for hydroxylation is 2. The lowest BCUT2D eigenvalue weighted by atomic mass is 10.2. The van der Waals surface area contributed by atoms with E-state index in [0.717, 1.165) is 29.8 Å². The van der Waals surface area contributed by atoms with Gasteiger partial charge in [0.2, 0.25) is 0 Å². The largest absolute Gasteiger partial charge is 0.497 e. The van der Waals surface area contributed by atoms with Crippen molar-refractivity contribution in [1.82, 2.24) is 10.3 Å². The summed E-state index contributed by atoms with van der Waals surface area (Å²) in [6, 6.07) is 7.42. The number of hydrogen-bond donors (Lipinski definition) is 2. The van der Waals surface area contributed by atoms with Crippen molar-refractivity contribution < 1.29 is 9.53 Å². The number of thiazole rings is 1. The second-order valence-electron chi connectivity index (χ2n) is 5.61. The Labute approximate surface area is 140 Å². The molecule has 122 valence electrons. The zero-order valence-electron chi connectivity index (χ0n) is 13.2. The SMILES string of the molecule is COc1ccc(CNC(=O)Nc2nc3c(s2)CCCCC3)cc1. The zero-order chi connectivity index (χ0) is 16.1. The molecule has 0 saturated carbocycles. The average Bonchev–Trinajstić information content (AvgIpc) is 2.81. The van der Waals surface area contributed by atoms with E-state index in [0.29, 0.717) is 11.7 Å². The molecule has 0 radical (unpaired) electrons. The van der Waals surface area contributed by atoms with E-state index in [4.69, 9.17) is 4.74 Å². The third-order valence-electron chi connectivity index (χ3n) is 3.93. The molecule has 1 aromatic carbocycles. The van der Waals surface area contributed by atoms with Crippen LogP contribution in [0, 0.1) is 0 Å². The van der Waals surface area contributed by atoms with Gasteiger partial charge in [-0.25, -0.2) is 9.78 Å². The van der Waals surface area contributed by atoms with E-state index in [1.807, 2.05) is 24.3 Å². The number of carbonyl (C=O) groups is 1. The Bertz CT molecular complexity index is 643. The number of methoxy groups -OCH3 is 1. The van der Waals surface area contributed by atoms with Crippen LogP contribution in [0.2, 0.25) is 0 Å². The van der Waals surface area contributed by atoms with E-state index in [9.17, 15) is 4.79 Å². The topological polar surface area (TPSA) is 63.2 Å². The smallest absolute Gasteiger partial charge is 0.321 e. The van der Waals surface area contributed by atoms with Gasteiger partial charge >= 0.3 is 6.03 Å². The molecule has 0 saturated heterocycles. The molecule has 0 spiro atoms. The normalized spacial score (nSPS) is 13.8. The van der Waals surface area contributed by atoms with E-state index in [1.54, 1.807) is 18.4 Å². The van der Waals surface area contributed by atoms with Gasteiger partial charge in [-0.1, -0.05) is 18.6 Å². The first-order valence-corrected chi connectivity index (χ1v) is 8.72. The van der Waals surface area contributed by atoms with Crippen molar-refractivity contribution in [1.29, 1.82) is 0 Å². The number of nitrogens with one attached hydrogen (secondary N) is 2. The first-order valence-electron chi connectivity index (χ1n) is 7.91. The van der Waals surface area contributed by atoms with Crippen molar-refractivity contribution in [3.63, 3.8) is 0 Å². The number of hydrogen-bond acceptors (Lipinski definition) is 4. The predicted molar refractivity (Wildman–Crippen MR) is 92.2 cm³/mol. The zero-order valence-corrected chi connectivity index (χ0v) is 14.0. The standard InChI is InChI=1S/C17H21N3O2S/c1-22-13-9-7-12(8-10-13)11-18-16(21)20-17-19-14-5-3-2-4-6-15(14)23-17/h7-10H,2-6,11H2,1H3,(H2,18,19,20,21). The average molecular weight is 331 g/mol. The Morgan fingerprint density at radius 3 is 2.78 bits per heavy atom. The number of anilines is 1. The number of rotatable bonds is 4. The highest BCUT2D eigenvalue weighted by Crippen LogP contribution is 2.28. The summed E-state index contributed by atoms with van der Waals surface area (Å²) in [5.41, 5.74) is 2.19. The molecule has 6 heteroatoms. The summed E-state index contributed by atoms with van der Waals surface area (Å²) < 4.78 is 5.12. The number of nitrogens with zero attached hydrogens (tertiary/aromatic N) is 1. The fourth-order valence-electron chi connectivity index (χ4n) is 2.65. The molecule has 2 aromatic rings. The van der Waals surface area contributed by atoms with Crippen LogP contribution in [0.4, 0.5) is 9.93 Å². The summed E-state index contributed by atoms with van der Waals surface area (Å²) >= 11 is 1.60. The number of carbonyl (C=O) groups excluding carboxylic acids is 1. The monoisotopic (exact) mass is 331 g/mol. The molecule has 0 fully saturated rings. The summed E-state index contributed by atoms with van der Waals surface area (Å²) in [4.78, 5) is 17.9. The summed E-state index contributed by atoms with van der Waals surface area (Å²) in [5.74, 6) is 0.808. The van der Waals surface area contributed by atoms with Gasteiger partial charge in [-0.2, -0.15) is 0 Å². The van der Waals surface area contributed by atoms with E-state index in [1.165, 1.54) is 24.1 Å². The van der Waals surface area contributed by atoms with Gasteiger partial charge in [-0.05, 0) is 43.4 Å². The molecule has 1 heterocycles. The number of amides is 2. The fraction of sp³-hybridized carbons (Fsp3) is 0.412. The number of aromatic nitrogens is 1. The van der Waals surface area contributed by atoms with Gasteiger partial charge in [-0.15, -0.1) is 11.3 Å². The van der Waals surface area contributed by atoms with Crippen LogP contribution < -0.4 is 15.4 Å². The van der Waals surface area contributed by atoms with Gasteiger partial charge in [0.15, 0.2) is 5.13 Å². The van der Waals surface area contributed by atoms with E-state index in [-0.39, 0.29) is 6.03 Å². The minimum Gasteiger partial charge on any atom is -0.497 e. The van der Waals surface area contributed by atoms with Crippen molar-refractivity contribution in [3.05, 3.63) is 40.4 Å². The van der Waals surface area contributed by atoms with E-state index >= 15 is 0 Å².